The Labute approximate surface area is 131 Å². The number of carboxylic acids is 1. The molecule has 0 fully saturated rings. The molecule has 0 amide bonds. The summed E-state index contributed by atoms with van der Waals surface area (Å²) >= 11 is 0. The van der Waals surface area contributed by atoms with Gasteiger partial charge in [-0.2, -0.15) is 13.2 Å². The topological polar surface area (TPSA) is 37.3 Å². The van der Waals surface area contributed by atoms with E-state index in [0.717, 1.165) is 17.7 Å². The molecule has 2 rings (SSSR count). The number of rotatable bonds is 4. The number of allylic oxidation sites excluding steroid dienone is 1. The summed E-state index contributed by atoms with van der Waals surface area (Å²) in [6.45, 7) is 1.46. The van der Waals surface area contributed by atoms with E-state index in [9.17, 15) is 18.0 Å². The molecule has 2 aromatic carbocycles. The van der Waals surface area contributed by atoms with Crippen LogP contribution in [0.1, 0.15) is 29.5 Å². The van der Waals surface area contributed by atoms with Gasteiger partial charge in [-0.3, -0.25) is 0 Å². The van der Waals surface area contributed by atoms with Crippen LogP contribution in [0.3, 0.4) is 0 Å². The van der Waals surface area contributed by atoms with Crippen LogP contribution in [0, 0.1) is 0 Å². The Kier molecular flexibility index (Phi) is 4.89. The Bertz CT molecular complexity index is 701. The van der Waals surface area contributed by atoms with Gasteiger partial charge in [0, 0.05) is 11.5 Å². The van der Waals surface area contributed by atoms with Crippen LogP contribution in [0.15, 0.2) is 66.2 Å². The van der Waals surface area contributed by atoms with Gasteiger partial charge in [-0.05, 0) is 30.2 Å². The van der Waals surface area contributed by atoms with Crippen molar-refractivity contribution in [3.63, 3.8) is 0 Å². The third-order valence-electron chi connectivity index (χ3n) is 3.51. The second kappa shape index (κ2) is 6.69. The minimum absolute atomic E-state index is 0.138. The summed E-state index contributed by atoms with van der Waals surface area (Å²) in [5, 5.41) is 9.06. The average molecular weight is 320 g/mol. The molecule has 2 aromatic rings. The molecule has 0 spiro atoms. The Morgan fingerprint density at radius 2 is 1.52 bits per heavy atom. The van der Waals surface area contributed by atoms with Gasteiger partial charge in [0.1, 0.15) is 0 Å². The number of hydrogen-bond donors (Lipinski definition) is 1. The Morgan fingerprint density at radius 1 is 1.00 bits per heavy atom. The van der Waals surface area contributed by atoms with E-state index in [2.05, 4.69) is 0 Å². The molecule has 2 nitrogen and oxygen atoms in total. The number of alkyl halides is 3. The van der Waals surface area contributed by atoms with Gasteiger partial charge in [0.25, 0.3) is 0 Å². The summed E-state index contributed by atoms with van der Waals surface area (Å²) in [7, 11) is 0. The molecule has 120 valence electrons. The lowest BCUT2D eigenvalue weighted by molar-refractivity contribution is -0.137. The predicted octanol–water partition coefficient (Wildman–Crippen LogP) is 4.87. The van der Waals surface area contributed by atoms with E-state index >= 15 is 0 Å². The van der Waals surface area contributed by atoms with E-state index in [1.54, 1.807) is 18.2 Å². The third kappa shape index (κ3) is 4.22. The maximum Gasteiger partial charge on any atom is 0.416 e. The van der Waals surface area contributed by atoms with Gasteiger partial charge in [-0.1, -0.05) is 48.5 Å². The lowest BCUT2D eigenvalue weighted by Gasteiger charge is -2.16. The minimum atomic E-state index is -4.40. The molecule has 0 radical (unpaired) electrons. The largest absolute Gasteiger partial charge is 0.478 e. The van der Waals surface area contributed by atoms with E-state index in [0.29, 0.717) is 5.56 Å². The van der Waals surface area contributed by atoms with Crippen molar-refractivity contribution in [2.75, 3.05) is 0 Å². The molecule has 5 heteroatoms. The van der Waals surface area contributed by atoms with E-state index in [1.165, 1.54) is 19.1 Å². The standard InChI is InChI=1S/C18H15F3O2/c1-12(17(22)23)11-16(13-5-3-2-4-6-13)14-7-9-15(10-8-14)18(19,20)21/h2-11,16H,1H3,(H,22,23). The van der Waals surface area contributed by atoms with Gasteiger partial charge in [-0.25, -0.2) is 4.79 Å². The van der Waals surface area contributed by atoms with E-state index in [1.807, 2.05) is 18.2 Å². The number of aliphatic carboxylic acids is 1. The number of hydrogen-bond acceptors (Lipinski definition) is 1. The Hall–Kier alpha value is -2.56. The van der Waals surface area contributed by atoms with Gasteiger partial charge in [0.2, 0.25) is 0 Å². The van der Waals surface area contributed by atoms with E-state index in [4.69, 9.17) is 5.11 Å². The number of carboxylic acid groups (broad SMARTS) is 1. The van der Waals surface area contributed by atoms with E-state index in [-0.39, 0.29) is 5.57 Å². The van der Waals surface area contributed by atoms with Crippen molar-refractivity contribution in [2.45, 2.75) is 19.0 Å². The summed E-state index contributed by atoms with van der Waals surface area (Å²) in [6, 6.07) is 13.8. The van der Waals surface area contributed by atoms with Crippen molar-refractivity contribution < 1.29 is 23.1 Å². The van der Waals surface area contributed by atoms with E-state index < -0.39 is 23.6 Å². The van der Waals surface area contributed by atoms with Crippen molar-refractivity contribution in [1.29, 1.82) is 0 Å². The molecule has 0 aromatic heterocycles. The third-order valence-corrected chi connectivity index (χ3v) is 3.51. The summed E-state index contributed by atoms with van der Waals surface area (Å²) < 4.78 is 38.0. The fourth-order valence-electron chi connectivity index (χ4n) is 2.25. The van der Waals surface area contributed by atoms with Crippen LogP contribution in [-0.2, 0) is 11.0 Å². The molecular formula is C18H15F3O2. The second-order valence-corrected chi connectivity index (χ2v) is 5.16. The van der Waals surface area contributed by atoms with Crippen molar-refractivity contribution in [3.05, 3.63) is 82.9 Å². The van der Waals surface area contributed by atoms with Crippen molar-refractivity contribution in [2.24, 2.45) is 0 Å². The zero-order valence-electron chi connectivity index (χ0n) is 12.3. The van der Waals surface area contributed by atoms with Crippen molar-refractivity contribution in [3.8, 4) is 0 Å². The normalized spacial score (nSPS) is 13.7. The number of halogens is 3. The number of carbonyl (C=O) groups is 1. The molecule has 23 heavy (non-hydrogen) atoms. The average Bonchev–Trinajstić information content (AvgIpc) is 2.52. The zero-order chi connectivity index (χ0) is 17.0. The van der Waals surface area contributed by atoms with Gasteiger partial charge in [0.15, 0.2) is 0 Å². The summed E-state index contributed by atoms with van der Waals surface area (Å²) in [6.07, 6.45) is -2.85. The molecule has 0 aliphatic carbocycles. The first-order valence-electron chi connectivity index (χ1n) is 6.93. The van der Waals surface area contributed by atoms with Gasteiger partial charge < -0.3 is 5.11 Å². The lowest BCUT2D eigenvalue weighted by Crippen LogP contribution is -2.06. The first kappa shape index (κ1) is 16.8. The SMILES string of the molecule is CC(=CC(c1ccccc1)c1ccc(C(F)(F)F)cc1)C(=O)O. The summed E-state index contributed by atoms with van der Waals surface area (Å²) in [5.41, 5.74) is 0.823. The molecule has 1 unspecified atom stereocenters. The van der Waals surface area contributed by atoms with Crippen LogP contribution < -0.4 is 0 Å². The molecule has 0 aliphatic rings. The minimum Gasteiger partial charge on any atom is -0.478 e. The smallest absolute Gasteiger partial charge is 0.416 e. The fourth-order valence-corrected chi connectivity index (χ4v) is 2.25. The molecule has 1 N–H and O–H groups in total. The van der Waals surface area contributed by atoms with Crippen molar-refractivity contribution in [1.82, 2.24) is 0 Å². The molecule has 0 saturated carbocycles. The van der Waals surface area contributed by atoms with Gasteiger partial charge in [0.05, 0.1) is 5.56 Å². The van der Waals surface area contributed by atoms with Crippen LogP contribution in [0.4, 0.5) is 13.2 Å². The summed E-state index contributed by atoms with van der Waals surface area (Å²) in [4.78, 5) is 11.1. The van der Waals surface area contributed by atoms with Crippen LogP contribution in [0.5, 0.6) is 0 Å². The van der Waals surface area contributed by atoms with Gasteiger partial charge in [-0.15, -0.1) is 0 Å². The maximum atomic E-state index is 12.7. The first-order valence-corrected chi connectivity index (χ1v) is 6.93. The van der Waals surface area contributed by atoms with Crippen LogP contribution in [-0.4, -0.2) is 11.1 Å². The van der Waals surface area contributed by atoms with Crippen LogP contribution >= 0.6 is 0 Å². The zero-order valence-corrected chi connectivity index (χ0v) is 12.3. The Morgan fingerprint density at radius 3 is 2.00 bits per heavy atom. The van der Waals surface area contributed by atoms with Crippen molar-refractivity contribution >= 4 is 5.97 Å². The number of benzene rings is 2. The highest BCUT2D eigenvalue weighted by Crippen LogP contribution is 2.32. The maximum absolute atomic E-state index is 12.7. The molecule has 1 atom stereocenters. The molecule has 0 aliphatic heterocycles. The summed E-state index contributed by atoms with van der Waals surface area (Å²) in [5.74, 6) is -1.48. The van der Waals surface area contributed by atoms with Crippen LogP contribution in [0.25, 0.3) is 0 Å². The fraction of sp³-hybridized carbons (Fsp3) is 0.167. The monoisotopic (exact) mass is 320 g/mol. The highest BCUT2D eigenvalue weighted by Gasteiger charge is 2.30. The first-order chi connectivity index (χ1) is 10.8. The molecular weight excluding hydrogens is 305 g/mol. The predicted molar refractivity (Wildman–Crippen MR) is 81.1 cm³/mol. The molecule has 0 saturated heterocycles. The highest BCUT2D eigenvalue weighted by molar-refractivity contribution is 5.86. The second-order valence-electron chi connectivity index (χ2n) is 5.16. The Balaban J connectivity index is 2.46. The lowest BCUT2D eigenvalue weighted by atomic mass is 9.89. The van der Waals surface area contributed by atoms with Crippen LogP contribution in [0.2, 0.25) is 0 Å². The molecule has 0 heterocycles. The quantitative estimate of drug-likeness (QED) is 0.816. The molecule has 0 bridgehead atoms. The van der Waals surface area contributed by atoms with Gasteiger partial charge >= 0.3 is 12.1 Å². The highest BCUT2D eigenvalue weighted by atomic mass is 19.4.